The van der Waals surface area contributed by atoms with Gasteiger partial charge < -0.3 is 25.8 Å². The lowest BCUT2D eigenvalue weighted by Crippen LogP contribution is -2.33. The summed E-state index contributed by atoms with van der Waals surface area (Å²) in [6.07, 6.45) is 5.29. The summed E-state index contributed by atoms with van der Waals surface area (Å²) in [7, 11) is 1.65. The number of carbonyl (C=O) groups excluding carboxylic acids is 1. The van der Waals surface area contributed by atoms with Gasteiger partial charge in [-0.2, -0.15) is 14.9 Å². The van der Waals surface area contributed by atoms with Crippen molar-refractivity contribution in [2.24, 2.45) is 5.73 Å². The molecule has 0 radical (unpaired) electrons. The molecular formula is C21H24N8O2S. The Balaban J connectivity index is 1.70. The van der Waals surface area contributed by atoms with Gasteiger partial charge in [-0.05, 0) is 31.0 Å². The van der Waals surface area contributed by atoms with Crippen molar-refractivity contribution in [2.75, 3.05) is 35.4 Å². The Hall–Kier alpha value is -3.33. The van der Waals surface area contributed by atoms with Crippen LogP contribution in [0, 0.1) is 11.3 Å². The Kier molecular flexibility index (Phi) is 6.18. The van der Waals surface area contributed by atoms with Crippen LogP contribution >= 0.6 is 0 Å². The first-order chi connectivity index (χ1) is 15.4. The molecule has 3 aromatic rings. The van der Waals surface area contributed by atoms with E-state index in [2.05, 4.69) is 26.8 Å². The van der Waals surface area contributed by atoms with Crippen LogP contribution in [0.4, 0.5) is 23.0 Å². The van der Waals surface area contributed by atoms with Crippen molar-refractivity contribution in [1.29, 1.82) is 5.26 Å². The van der Waals surface area contributed by atoms with E-state index in [0.29, 0.717) is 28.8 Å². The molecule has 0 saturated heterocycles. The number of nitrogens with one attached hydrogen (secondary N) is 2. The molecule has 0 aliphatic heterocycles. The van der Waals surface area contributed by atoms with E-state index in [9.17, 15) is 14.6 Å². The van der Waals surface area contributed by atoms with Crippen molar-refractivity contribution in [3.63, 3.8) is 0 Å². The van der Waals surface area contributed by atoms with Crippen molar-refractivity contribution in [1.82, 2.24) is 14.6 Å². The fraction of sp³-hybridized carbons (Fsp3) is 0.333. The molecule has 32 heavy (non-hydrogen) atoms. The zero-order valence-electron chi connectivity index (χ0n) is 17.8. The number of anilines is 4. The summed E-state index contributed by atoms with van der Waals surface area (Å²) in [5.74, 6) is 1.35. The standard InChI is InChI=1S/C21H24N8O2S/c1-28(20(30)10-23)17-6-5-16(7-13(17)12-32(2)31)25-18-8-19(26-15-3-4-15)29-21(27-18)14(9-22)11-24-29/h5-8,11,15,26H,3-4,10,12,23H2,1-2H3,(H,25,27). The predicted octanol–water partition coefficient (Wildman–Crippen LogP) is 1.72. The number of likely N-dealkylation sites (N-methyl/N-ethyl adjacent to an activating group) is 1. The maximum atomic E-state index is 12.1. The second-order valence-electron chi connectivity index (χ2n) is 7.69. The molecule has 166 valence electrons. The zero-order valence-corrected chi connectivity index (χ0v) is 18.6. The van der Waals surface area contributed by atoms with Crippen LogP contribution in [0.3, 0.4) is 0 Å². The van der Waals surface area contributed by atoms with Gasteiger partial charge in [0.2, 0.25) is 5.91 Å². The molecule has 1 fully saturated rings. The van der Waals surface area contributed by atoms with Crippen LogP contribution in [0.5, 0.6) is 0 Å². The first-order valence-electron chi connectivity index (χ1n) is 10.1. The highest BCUT2D eigenvalue weighted by atomic mass is 32.2. The Bertz CT molecular complexity index is 1200. The molecule has 1 atom stereocenters. The minimum absolute atomic E-state index is 0.113. The van der Waals surface area contributed by atoms with Gasteiger partial charge in [-0.15, -0.1) is 0 Å². The number of hydrogen-bond acceptors (Lipinski definition) is 8. The molecule has 1 unspecified atom stereocenters. The largest absolute Gasteiger partial charge is 0.616 e. The van der Waals surface area contributed by atoms with Crippen molar-refractivity contribution in [3.05, 3.63) is 41.6 Å². The molecule has 2 heterocycles. The molecule has 0 spiro atoms. The summed E-state index contributed by atoms with van der Waals surface area (Å²) >= 11 is -1.10. The van der Waals surface area contributed by atoms with Gasteiger partial charge >= 0.3 is 0 Å². The Morgan fingerprint density at radius 2 is 2.22 bits per heavy atom. The molecule has 2 aromatic heterocycles. The summed E-state index contributed by atoms with van der Waals surface area (Å²) in [4.78, 5) is 18.1. The normalized spacial score (nSPS) is 14.1. The molecule has 4 rings (SSSR count). The van der Waals surface area contributed by atoms with Gasteiger partial charge in [-0.1, -0.05) is 11.2 Å². The Morgan fingerprint density at radius 1 is 1.44 bits per heavy atom. The number of benzene rings is 1. The lowest BCUT2D eigenvalue weighted by Gasteiger charge is -2.21. The van der Waals surface area contributed by atoms with E-state index < -0.39 is 11.2 Å². The number of aromatic nitrogens is 3. The lowest BCUT2D eigenvalue weighted by molar-refractivity contribution is -0.117. The maximum Gasteiger partial charge on any atom is 0.240 e. The van der Waals surface area contributed by atoms with E-state index in [1.807, 2.05) is 18.2 Å². The number of hydrogen-bond donors (Lipinski definition) is 3. The van der Waals surface area contributed by atoms with E-state index in [1.54, 1.807) is 23.9 Å². The smallest absolute Gasteiger partial charge is 0.240 e. The molecule has 1 aromatic carbocycles. The fourth-order valence-corrected chi connectivity index (χ4v) is 4.06. The van der Waals surface area contributed by atoms with Gasteiger partial charge in [0.05, 0.1) is 24.7 Å². The van der Waals surface area contributed by atoms with Crippen LogP contribution in [0.1, 0.15) is 24.0 Å². The van der Waals surface area contributed by atoms with Crippen LogP contribution in [-0.4, -0.2) is 50.9 Å². The molecule has 1 saturated carbocycles. The summed E-state index contributed by atoms with van der Waals surface area (Å²) in [5.41, 5.74) is 8.46. The third kappa shape index (κ3) is 4.62. The number of rotatable bonds is 8. The van der Waals surface area contributed by atoms with Crippen LogP contribution in [0.15, 0.2) is 30.5 Å². The number of amides is 1. The van der Waals surface area contributed by atoms with Crippen molar-refractivity contribution in [3.8, 4) is 6.07 Å². The minimum atomic E-state index is -1.10. The first-order valence-corrected chi connectivity index (χ1v) is 11.8. The van der Waals surface area contributed by atoms with Gasteiger partial charge in [0.15, 0.2) is 5.65 Å². The number of nitrogens with two attached hydrogens (primary N) is 1. The third-order valence-corrected chi connectivity index (χ3v) is 5.86. The van der Waals surface area contributed by atoms with Crippen LogP contribution in [0.2, 0.25) is 0 Å². The molecular weight excluding hydrogens is 428 g/mol. The van der Waals surface area contributed by atoms with Crippen molar-refractivity contribution >= 4 is 45.7 Å². The maximum absolute atomic E-state index is 12.1. The number of fused-ring (bicyclic) bond motifs is 1. The lowest BCUT2D eigenvalue weighted by atomic mass is 10.1. The second kappa shape index (κ2) is 9.04. The molecule has 1 aliphatic rings. The molecule has 1 aliphatic carbocycles. The highest BCUT2D eigenvalue weighted by molar-refractivity contribution is 7.89. The summed E-state index contributed by atoms with van der Waals surface area (Å²) in [6.45, 7) is -0.113. The van der Waals surface area contributed by atoms with Crippen molar-refractivity contribution < 1.29 is 9.35 Å². The summed E-state index contributed by atoms with van der Waals surface area (Å²) < 4.78 is 13.6. The van der Waals surface area contributed by atoms with E-state index >= 15 is 0 Å². The topological polar surface area (TPSA) is 147 Å². The average Bonchev–Trinajstić information content (AvgIpc) is 3.48. The van der Waals surface area contributed by atoms with E-state index in [1.165, 1.54) is 11.1 Å². The molecule has 0 bridgehead atoms. The average molecular weight is 453 g/mol. The molecule has 4 N–H and O–H groups in total. The molecule has 11 heteroatoms. The Morgan fingerprint density at radius 3 is 2.88 bits per heavy atom. The SMILES string of the molecule is CN(C(=O)CN)c1ccc(Nc2cc(NC3CC3)n3ncc(C#N)c3n2)cc1C[S+](C)[O-]. The highest BCUT2D eigenvalue weighted by Gasteiger charge is 2.23. The van der Waals surface area contributed by atoms with Gasteiger partial charge in [0, 0.05) is 30.4 Å². The van der Waals surface area contributed by atoms with E-state index in [4.69, 9.17) is 5.73 Å². The van der Waals surface area contributed by atoms with Crippen LogP contribution in [0.25, 0.3) is 5.65 Å². The van der Waals surface area contributed by atoms with E-state index in [-0.39, 0.29) is 18.2 Å². The van der Waals surface area contributed by atoms with Crippen LogP contribution in [-0.2, 0) is 21.7 Å². The number of carbonyl (C=O) groups is 1. The van der Waals surface area contributed by atoms with E-state index in [0.717, 1.165) is 29.9 Å². The third-order valence-electron chi connectivity index (χ3n) is 5.14. The summed E-state index contributed by atoms with van der Waals surface area (Å²) in [6, 6.07) is 9.81. The minimum Gasteiger partial charge on any atom is -0.616 e. The second-order valence-corrected chi connectivity index (χ2v) is 9.13. The van der Waals surface area contributed by atoms with Gasteiger partial charge in [0.1, 0.15) is 29.0 Å². The predicted molar refractivity (Wildman–Crippen MR) is 124 cm³/mol. The quantitative estimate of drug-likeness (QED) is 0.438. The number of nitriles is 1. The zero-order chi connectivity index (χ0) is 22.8. The highest BCUT2D eigenvalue weighted by Crippen LogP contribution is 2.30. The van der Waals surface area contributed by atoms with Gasteiger partial charge in [-0.25, -0.2) is 4.98 Å². The van der Waals surface area contributed by atoms with Gasteiger partial charge in [-0.3, -0.25) is 4.79 Å². The monoisotopic (exact) mass is 452 g/mol. The fourth-order valence-electron chi connectivity index (χ4n) is 3.39. The Labute approximate surface area is 188 Å². The molecule has 1 amide bonds. The van der Waals surface area contributed by atoms with Crippen LogP contribution < -0.4 is 21.3 Å². The molecule has 10 nitrogen and oxygen atoms in total. The summed E-state index contributed by atoms with van der Waals surface area (Å²) in [5, 5.41) is 20.4. The first kappa shape index (κ1) is 21.9. The number of nitrogens with zero attached hydrogens (tertiary/aromatic N) is 5. The van der Waals surface area contributed by atoms with Gasteiger partial charge in [0.25, 0.3) is 0 Å². The van der Waals surface area contributed by atoms with Crippen molar-refractivity contribution in [2.45, 2.75) is 24.6 Å².